The molecule has 1 aromatic heterocycles. The smallest absolute Gasteiger partial charge is 0.254 e. The van der Waals surface area contributed by atoms with Gasteiger partial charge < -0.3 is 10.6 Å². The summed E-state index contributed by atoms with van der Waals surface area (Å²) in [6, 6.07) is -0.0914. The summed E-state index contributed by atoms with van der Waals surface area (Å²) in [7, 11) is -3.49. The number of sulfonamides is 1. The van der Waals surface area contributed by atoms with Crippen molar-refractivity contribution in [3.05, 3.63) is 10.7 Å². The molecule has 2 aliphatic heterocycles. The second-order valence-corrected chi connectivity index (χ2v) is 10.2. The number of piperidine rings is 1. The van der Waals surface area contributed by atoms with E-state index in [4.69, 9.17) is 0 Å². The van der Waals surface area contributed by atoms with Gasteiger partial charge in [0.05, 0.1) is 16.7 Å². The Labute approximate surface area is 165 Å². The number of carbonyl (C=O) groups excluding carboxylic acids is 1. The Kier molecular flexibility index (Phi) is 7.43. The van der Waals surface area contributed by atoms with Gasteiger partial charge in [0, 0.05) is 19.6 Å². The summed E-state index contributed by atoms with van der Waals surface area (Å²) >= 11 is 1.23. The molecular weight excluding hydrogens is 396 g/mol. The second-order valence-electron chi connectivity index (χ2n) is 6.87. The molecule has 26 heavy (non-hydrogen) atoms. The average molecular weight is 423 g/mol. The van der Waals surface area contributed by atoms with E-state index in [1.807, 2.05) is 6.92 Å². The summed E-state index contributed by atoms with van der Waals surface area (Å²) in [6.45, 7) is 5.98. The molecule has 1 aromatic rings. The van der Waals surface area contributed by atoms with Crippen LogP contribution in [0.2, 0.25) is 0 Å². The first-order chi connectivity index (χ1) is 11.9. The van der Waals surface area contributed by atoms with Crippen LogP contribution in [0.4, 0.5) is 0 Å². The summed E-state index contributed by atoms with van der Waals surface area (Å²) in [6.07, 6.45) is 3.66. The predicted octanol–water partition coefficient (Wildman–Crippen LogP) is 1.45. The number of nitrogens with one attached hydrogen (secondary N) is 2. The third kappa shape index (κ3) is 4.75. The number of hydrogen-bond donors (Lipinski definition) is 2. The van der Waals surface area contributed by atoms with Crippen molar-refractivity contribution in [2.75, 3.05) is 26.2 Å². The van der Waals surface area contributed by atoms with Crippen LogP contribution in [-0.4, -0.2) is 55.8 Å². The Bertz CT molecular complexity index is 732. The quantitative estimate of drug-likeness (QED) is 0.749. The third-order valence-electron chi connectivity index (χ3n) is 4.86. The Morgan fingerprint density at radius 2 is 2.12 bits per heavy atom. The minimum absolute atomic E-state index is 0. The summed E-state index contributed by atoms with van der Waals surface area (Å²) in [5.41, 5.74) is 0.574. The van der Waals surface area contributed by atoms with Gasteiger partial charge in [-0.2, -0.15) is 4.31 Å². The van der Waals surface area contributed by atoms with E-state index in [1.165, 1.54) is 11.3 Å². The van der Waals surface area contributed by atoms with Crippen molar-refractivity contribution in [3.8, 4) is 0 Å². The van der Waals surface area contributed by atoms with Gasteiger partial charge in [0.2, 0.25) is 5.91 Å². The van der Waals surface area contributed by atoms with Crippen molar-refractivity contribution in [2.45, 2.75) is 49.8 Å². The molecule has 0 radical (unpaired) electrons. The van der Waals surface area contributed by atoms with Crippen LogP contribution >= 0.6 is 23.7 Å². The zero-order valence-corrected chi connectivity index (χ0v) is 17.6. The molecule has 1 amide bonds. The van der Waals surface area contributed by atoms with Gasteiger partial charge in [-0.3, -0.25) is 4.79 Å². The summed E-state index contributed by atoms with van der Waals surface area (Å²) < 4.78 is 27.7. The highest BCUT2D eigenvalue weighted by molar-refractivity contribution is 7.91. The van der Waals surface area contributed by atoms with Gasteiger partial charge in [-0.05, 0) is 52.0 Å². The van der Waals surface area contributed by atoms with E-state index in [0.717, 1.165) is 37.2 Å². The lowest BCUT2D eigenvalue weighted by Gasteiger charge is -2.32. The molecule has 0 aliphatic carbocycles. The lowest BCUT2D eigenvalue weighted by atomic mass is 9.99. The molecule has 2 saturated heterocycles. The average Bonchev–Trinajstić information content (AvgIpc) is 3.22. The Morgan fingerprint density at radius 3 is 2.73 bits per heavy atom. The molecule has 0 spiro atoms. The van der Waals surface area contributed by atoms with Gasteiger partial charge in [-0.25, -0.2) is 13.4 Å². The Morgan fingerprint density at radius 1 is 1.35 bits per heavy atom. The van der Waals surface area contributed by atoms with Crippen LogP contribution in [-0.2, 0) is 14.8 Å². The summed E-state index contributed by atoms with van der Waals surface area (Å²) in [5, 5.41) is 6.94. The summed E-state index contributed by atoms with van der Waals surface area (Å²) in [4.78, 5) is 16.4. The van der Waals surface area contributed by atoms with Crippen LogP contribution in [0.25, 0.3) is 0 Å². The zero-order chi connectivity index (χ0) is 18.0. The fourth-order valence-corrected chi connectivity index (χ4v) is 6.73. The molecule has 0 aromatic carbocycles. The monoisotopic (exact) mass is 422 g/mol. The predicted molar refractivity (Wildman–Crippen MR) is 104 cm³/mol. The molecule has 3 heterocycles. The number of nitrogens with zero attached hydrogens (tertiary/aromatic N) is 2. The number of aromatic nitrogens is 1. The fraction of sp³-hybridized carbons (Fsp3) is 0.750. The largest absolute Gasteiger partial charge is 0.354 e. The van der Waals surface area contributed by atoms with Crippen molar-refractivity contribution in [1.82, 2.24) is 19.9 Å². The molecule has 2 N–H and O–H groups in total. The number of carbonyl (C=O) groups is 1. The molecule has 7 nitrogen and oxygen atoms in total. The van der Waals surface area contributed by atoms with Crippen molar-refractivity contribution < 1.29 is 13.2 Å². The molecule has 2 aliphatic rings. The minimum Gasteiger partial charge on any atom is -0.354 e. The highest BCUT2D eigenvalue weighted by Crippen LogP contribution is 2.29. The Balaban J connectivity index is 0.00000243. The lowest BCUT2D eigenvalue weighted by Crippen LogP contribution is -2.46. The highest BCUT2D eigenvalue weighted by Gasteiger charge is 2.33. The number of amides is 1. The third-order valence-corrected chi connectivity index (χ3v) is 8.38. The van der Waals surface area contributed by atoms with E-state index in [0.29, 0.717) is 29.5 Å². The first-order valence-electron chi connectivity index (χ1n) is 8.83. The fourth-order valence-electron chi connectivity index (χ4n) is 3.56. The van der Waals surface area contributed by atoms with E-state index in [-0.39, 0.29) is 30.3 Å². The first kappa shape index (κ1) is 21.6. The Hall–Kier alpha value is -0.740. The number of aryl methyl sites for hydroxylation is 2. The van der Waals surface area contributed by atoms with Crippen LogP contribution in [0, 0.1) is 19.8 Å². The van der Waals surface area contributed by atoms with E-state index >= 15 is 0 Å². The van der Waals surface area contributed by atoms with Crippen LogP contribution in [0.1, 0.15) is 36.4 Å². The topological polar surface area (TPSA) is 91.4 Å². The molecule has 0 saturated carbocycles. The number of hydrogen-bond acceptors (Lipinski definition) is 6. The molecule has 148 valence electrons. The van der Waals surface area contributed by atoms with E-state index < -0.39 is 10.0 Å². The first-order valence-corrected chi connectivity index (χ1v) is 11.1. The molecule has 2 fully saturated rings. The van der Waals surface area contributed by atoms with E-state index in [2.05, 4.69) is 15.6 Å². The molecule has 0 bridgehead atoms. The maximum Gasteiger partial charge on any atom is 0.254 e. The number of thiazole rings is 1. The lowest BCUT2D eigenvalue weighted by molar-refractivity contribution is -0.123. The van der Waals surface area contributed by atoms with E-state index in [9.17, 15) is 13.2 Å². The molecule has 2 atom stereocenters. The van der Waals surface area contributed by atoms with E-state index in [1.54, 1.807) is 11.2 Å². The molecule has 3 rings (SSSR count). The number of halogens is 1. The van der Waals surface area contributed by atoms with Crippen LogP contribution in [0.3, 0.4) is 0 Å². The van der Waals surface area contributed by atoms with Crippen molar-refractivity contribution in [3.63, 3.8) is 0 Å². The second kappa shape index (κ2) is 8.97. The van der Waals surface area contributed by atoms with Crippen molar-refractivity contribution in [2.24, 2.45) is 5.92 Å². The highest BCUT2D eigenvalue weighted by atomic mass is 35.5. The standard InChI is InChI=1S/C16H26N4O3S2.ClH/c1-11-16(24-12(2)19-11)25(22,23)20-8-4-5-13(10-20)9-18-15(21)14-6-3-7-17-14;/h13-14,17H,3-10H2,1-2H3,(H,18,21);1H. The number of rotatable bonds is 5. The van der Waals surface area contributed by atoms with Crippen LogP contribution in [0.5, 0.6) is 0 Å². The van der Waals surface area contributed by atoms with Crippen LogP contribution in [0.15, 0.2) is 4.21 Å². The zero-order valence-electron chi connectivity index (χ0n) is 15.2. The summed E-state index contributed by atoms with van der Waals surface area (Å²) in [5.74, 6) is 0.189. The minimum atomic E-state index is -3.49. The van der Waals surface area contributed by atoms with Crippen molar-refractivity contribution >= 4 is 39.7 Å². The molecular formula is C16H27ClN4O3S2. The maximum atomic E-state index is 12.9. The van der Waals surface area contributed by atoms with Gasteiger partial charge in [0.1, 0.15) is 0 Å². The van der Waals surface area contributed by atoms with Gasteiger partial charge in [0.15, 0.2) is 4.21 Å². The van der Waals surface area contributed by atoms with Gasteiger partial charge >= 0.3 is 0 Å². The van der Waals surface area contributed by atoms with Crippen molar-refractivity contribution in [1.29, 1.82) is 0 Å². The van der Waals surface area contributed by atoms with Gasteiger partial charge in [0.25, 0.3) is 10.0 Å². The molecule has 10 heteroatoms. The SMILES string of the molecule is Cc1nc(C)c(S(=O)(=O)N2CCCC(CNC(=O)C3CCCN3)C2)s1.Cl. The van der Waals surface area contributed by atoms with Gasteiger partial charge in [-0.15, -0.1) is 23.7 Å². The van der Waals surface area contributed by atoms with Gasteiger partial charge in [-0.1, -0.05) is 0 Å². The van der Waals surface area contributed by atoms with Crippen LogP contribution < -0.4 is 10.6 Å². The normalized spacial score (nSPS) is 24.2. The molecule has 2 unspecified atom stereocenters. The maximum absolute atomic E-state index is 12.9.